The number of hydrogen-bond donors (Lipinski definition) is 0. The number of nitro benzene ring substituents is 1. The minimum absolute atomic E-state index is 0.00855. The van der Waals surface area contributed by atoms with Crippen LogP contribution in [0.4, 0.5) is 5.69 Å². The molecule has 8 nitrogen and oxygen atoms in total. The summed E-state index contributed by atoms with van der Waals surface area (Å²) in [5.41, 5.74) is 1.06. The average molecular weight is 415 g/mol. The molecule has 0 aliphatic carbocycles. The molecule has 150 valence electrons. The minimum atomic E-state index is -0.468. The third kappa shape index (κ3) is 4.97. The molecule has 3 rings (SSSR count). The van der Waals surface area contributed by atoms with Crippen LogP contribution in [0.1, 0.15) is 29.6 Å². The summed E-state index contributed by atoms with van der Waals surface area (Å²) in [4.78, 5) is 29.1. The Labute approximate surface area is 172 Å². The molecular weight excluding hydrogens is 396 g/mol. The molecule has 1 heterocycles. The second kappa shape index (κ2) is 9.29. The molecular formula is C20H19ClN4O4. The third-order valence-corrected chi connectivity index (χ3v) is 4.61. The quantitative estimate of drug-likeness (QED) is 0.400. The van der Waals surface area contributed by atoms with E-state index in [4.69, 9.17) is 16.1 Å². The van der Waals surface area contributed by atoms with Crippen LogP contribution in [0.3, 0.4) is 0 Å². The molecule has 3 aromatic rings. The monoisotopic (exact) mass is 414 g/mol. The van der Waals surface area contributed by atoms with Gasteiger partial charge in [-0.1, -0.05) is 35.8 Å². The number of non-ortho nitro benzene ring substituents is 1. The number of rotatable bonds is 8. The van der Waals surface area contributed by atoms with E-state index in [-0.39, 0.29) is 11.6 Å². The number of halogens is 1. The van der Waals surface area contributed by atoms with Gasteiger partial charge in [0.1, 0.15) is 0 Å². The lowest BCUT2D eigenvalue weighted by atomic mass is 10.2. The summed E-state index contributed by atoms with van der Waals surface area (Å²) >= 11 is 6.15. The highest BCUT2D eigenvalue weighted by atomic mass is 35.5. The standard InChI is InChI=1S/C20H19ClN4O4/c1-2-12-24(20(26)16-5-3-4-6-17(16)21)13-11-18-22-19(23-29-18)14-7-9-15(10-8-14)25(27)28/h3-10H,2,11-13H2,1H3. The summed E-state index contributed by atoms with van der Waals surface area (Å²) in [7, 11) is 0. The first-order chi connectivity index (χ1) is 14.0. The molecule has 0 N–H and O–H groups in total. The number of carbonyl (C=O) groups is 1. The first kappa shape index (κ1) is 20.5. The predicted molar refractivity (Wildman–Crippen MR) is 108 cm³/mol. The molecule has 29 heavy (non-hydrogen) atoms. The molecule has 1 amide bonds. The van der Waals surface area contributed by atoms with Gasteiger partial charge >= 0.3 is 0 Å². The second-order valence-electron chi connectivity index (χ2n) is 6.34. The van der Waals surface area contributed by atoms with Gasteiger partial charge in [0.05, 0.1) is 15.5 Å². The second-order valence-corrected chi connectivity index (χ2v) is 6.74. The Morgan fingerprint density at radius 1 is 1.17 bits per heavy atom. The summed E-state index contributed by atoms with van der Waals surface area (Å²) in [5.74, 6) is 0.577. The Morgan fingerprint density at radius 2 is 1.90 bits per heavy atom. The van der Waals surface area contributed by atoms with Crippen LogP contribution < -0.4 is 0 Å². The lowest BCUT2D eigenvalue weighted by Crippen LogP contribution is -2.33. The molecule has 2 aromatic carbocycles. The van der Waals surface area contributed by atoms with Gasteiger partial charge in [-0.2, -0.15) is 4.98 Å². The number of hydrogen-bond acceptors (Lipinski definition) is 6. The van der Waals surface area contributed by atoms with Crippen molar-refractivity contribution in [1.29, 1.82) is 0 Å². The van der Waals surface area contributed by atoms with E-state index in [1.807, 2.05) is 6.92 Å². The van der Waals surface area contributed by atoms with Crippen LogP contribution in [0.15, 0.2) is 53.1 Å². The Kier molecular flexibility index (Phi) is 6.56. The van der Waals surface area contributed by atoms with E-state index >= 15 is 0 Å². The molecule has 0 atom stereocenters. The highest BCUT2D eigenvalue weighted by molar-refractivity contribution is 6.33. The van der Waals surface area contributed by atoms with Gasteiger partial charge in [0.15, 0.2) is 0 Å². The number of nitro groups is 1. The average Bonchev–Trinajstić information content (AvgIpc) is 3.20. The molecule has 0 radical (unpaired) electrons. The maximum absolute atomic E-state index is 12.8. The number of benzene rings is 2. The molecule has 0 aliphatic heterocycles. The molecule has 0 spiro atoms. The van der Waals surface area contributed by atoms with Gasteiger partial charge in [0.2, 0.25) is 11.7 Å². The van der Waals surface area contributed by atoms with Crippen molar-refractivity contribution >= 4 is 23.2 Å². The van der Waals surface area contributed by atoms with E-state index in [1.54, 1.807) is 41.3 Å². The van der Waals surface area contributed by atoms with Gasteiger partial charge in [-0.15, -0.1) is 0 Å². The van der Waals surface area contributed by atoms with Crippen LogP contribution in [-0.4, -0.2) is 39.0 Å². The largest absolute Gasteiger partial charge is 0.339 e. The highest BCUT2D eigenvalue weighted by Crippen LogP contribution is 2.21. The van der Waals surface area contributed by atoms with Crippen molar-refractivity contribution < 1.29 is 14.2 Å². The van der Waals surface area contributed by atoms with Crippen molar-refractivity contribution in [3.05, 3.63) is 75.1 Å². The van der Waals surface area contributed by atoms with Crippen molar-refractivity contribution in [2.45, 2.75) is 19.8 Å². The molecule has 9 heteroatoms. The number of carbonyl (C=O) groups excluding carboxylic acids is 1. The maximum atomic E-state index is 12.8. The number of aromatic nitrogens is 2. The molecule has 0 saturated heterocycles. The van der Waals surface area contributed by atoms with Gasteiger partial charge in [0, 0.05) is 37.2 Å². The van der Waals surface area contributed by atoms with Crippen molar-refractivity contribution in [2.75, 3.05) is 13.1 Å². The van der Waals surface area contributed by atoms with Gasteiger partial charge < -0.3 is 9.42 Å². The smallest absolute Gasteiger partial charge is 0.269 e. The Balaban J connectivity index is 1.68. The molecule has 0 aliphatic rings. The molecule has 0 unspecified atom stereocenters. The molecule has 0 bridgehead atoms. The summed E-state index contributed by atoms with van der Waals surface area (Å²) < 4.78 is 5.28. The Bertz CT molecular complexity index is 1000. The van der Waals surface area contributed by atoms with Crippen LogP contribution in [0, 0.1) is 10.1 Å². The van der Waals surface area contributed by atoms with Crippen LogP contribution in [-0.2, 0) is 6.42 Å². The van der Waals surface area contributed by atoms with Gasteiger partial charge in [0.25, 0.3) is 11.6 Å². The first-order valence-electron chi connectivity index (χ1n) is 9.10. The third-order valence-electron chi connectivity index (χ3n) is 4.28. The molecule has 0 fully saturated rings. The summed E-state index contributed by atoms with van der Waals surface area (Å²) in [6.07, 6.45) is 1.18. The number of nitrogens with zero attached hydrogens (tertiary/aromatic N) is 4. The van der Waals surface area contributed by atoms with Crippen LogP contribution in [0.2, 0.25) is 5.02 Å². The Morgan fingerprint density at radius 3 is 2.55 bits per heavy atom. The maximum Gasteiger partial charge on any atom is 0.269 e. The first-order valence-corrected chi connectivity index (χ1v) is 9.48. The topological polar surface area (TPSA) is 102 Å². The Hall–Kier alpha value is -3.26. The number of amides is 1. The van der Waals surface area contributed by atoms with Crippen LogP contribution in [0.25, 0.3) is 11.4 Å². The van der Waals surface area contributed by atoms with E-state index in [0.29, 0.717) is 47.4 Å². The van der Waals surface area contributed by atoms with Crippen molar-refractivity contribution in [1.82, 2.24) is 15.0 Å². The normalized spacial score (nSPS) is 10.7. The van der Waals surface area contributed by atoms with Gasteiger partial charge in [-0.3, -0.25) is 14.9 Å². The van der Waals surface area contributed by atoms with Gasteiger partial charge in [-0.05, 0) is 30.7 Å². The van der Waals surface area contributed by atoms with Gasteiger partial charge in [-0.25, -0.2) is 0 Å². The summed E-state index contributed by atoms with van der Waals surface area (Å²) in [6, 6.07) is 12.8. The zero-order valence-electron chi connectivity index (χ0n) is 15.7. The zero-order valence-corrected chi connectivity index (χ0v) is 16.5. The minimum Gasteiger partial charge on any atom is -0.339 e. The van der Waals surface area contributed by atoms with E-state index in [2.05, 4.69) is 10.1 Å². The van der Waals surface area contributed by atoms with E-state index in [0.717, 1.165) is 6.42 Å². The van der Waals surface area contributed by atoms with E-state index in [1.165, 1.54) is 12.1 Å². The fourth-order valence-electron chi connectivity index (χ4n) is 2.83. The molecule has 0 saturated carbocycles. The van der Waals surface area contributed by atoms with Crippen LogP contribution >= 0.6 is 11.6 Å². The SMILES string of the molecule is CCCN(CCc1nc(-c2ccc([N+](=O)[O-])cc2)no1)C(=O)c1ccccc1Cl. The van der Waals surface area contributed by atoms with E-state index < -0.39 is 4.92 Å². The van der Waals surface area contributed by atoms with Crippen molar-refractivity contribution in [2.24, 2.45) is 0 Å². The fourth-order valence-corrected chi connectivity index (χ4v) is 3.04. The lowest BCUT2D eigenvalue weighted by molar-refractivity contribution is -0.384. The summed E-state index contributed by atoms with van der Waals surface area (Å²) in [5, 5.41) is 15.1. The zero-order chi connectivity index (χ0) is 20.8. The molecule has 1 aromatic heterocycles. The van der Waals surface area contributed by atoms with Crippen molar-refractivity contribution in [3.63, 3.8) is 0 Å². The van der Waals surface area contributed by atoms with E-state index in [9.17, 15) is 14.9 Å². The summed E-state index contributed by atoms with van der Waals surface area (Å²) in [6.45, 7) is 2.97. The fraction of sp³-hybridized carbons (Fsp3) is 0.250. The predicted octanol–water partition coefficient (Wildman–Crippen LogP) is 4.39. The highest BCUT2D eigenvalue weighted by Gasteiger charge is 2.19. The van der Waals surface area contributed by atoms with Crippen molar-refractivity contribution in [3.8, 4) is 11.4 Å². The lowest BCUT2D eigenvalue weighted by Gasteiger charge is -2.22. The van der Waals surface area contributed by atoms with Crippen LogP contribution in [0.5, 0.6) is 0 Å².